The van der Waals surface area contributed by atoms with Gasteiger partial charge in [0.15, 0.2) is 0 Å². The van der Waals surface area contributed by atoms with Crippen molar-refractivity contribution in [2.45, 2.75) is 57.2 Å². The minimum atomic E-state index is -0.327. The maximum atomic E-state index is 13.5. The smallest absolute Gasteiger partial charge is 0.237 e. The third-order valence-corrected chi connectivity index (χ3v) is 5.20. The van der Waals surface area contributed by atoms with Gasteiger partial charge in [-0.3, -0.25) is 4.79 Å². The number of benzene rings is 1. The molecule has 4 atom stereocenters. The Morgan fingerprint density at radius 3 is 2.91 bits per heavy atom. The molecule has 4 unspecified atom stereocenters. The van der Waals surface area contributed by atoms with E-state index in [1.807, 2.05) is 6.92 Å². The van der Waals surface area contributed by atoms with Crippen molar-refractivity contribution in [1.82, 2.24) is 10.6 Å². The van der Waals surface area contributed by atoms with Crippen LogP contribution in [0, 0.1) is 11.7 Å². The second-order valence-electron chi connectivity index (χ2n) is 6.72. The summed E-state index contributed by atoms with van der Waals surface area (Å²) in [5.74, 6) is 0.885. The van der Waals surface area contributed by atoms with E-state index in [-0.39, 0.29) is 23.8 Å². The van der Waals surface area contributed by atoms with Gasteiger partial charge >= 0.3 is 0 Å². The van der Waals surface area contributed by atoms with Crippen LogP contribution >= 0.6 is 0 Å². The summed E-state index contributed by atoms with van der Waals surface area (Å²) in [6.45, 7) is 1.86. The highest BCUT2D eigenvalue weighted by molar-refractivity contribution is 5.82. The Kier molecular flexibility index (Phi) is 4.85. The van der Waals surface area contributed by atoms with Gasteiger partial charge in [-0.15, -0.1) is 0 Å². The van der Waals surface area contributed by atoms with E-state index in [9.17, 15) is 9.18 Å². The van der Waals surface area contributed by atoms with E-state index in [0.29, 0.717) is 23.3 Å². The van der Waals surface area contributed by atoms with Crippen LogP contribution in [-0.4, -0.2) is 25.1 Å². The SMILES string of the molecule is COc1ccc(F)cc1C(C)NC(=O)C1CC2CCCCC2N1. The number of hydrogen-bond donors (Lipinski definition) is 2. The maximum Gasteiger partial charge on any atom is 0.237 e. The van der Waals surface area contributed by atoms with Crippen molar-refractivity contribution < 1.29 is 13.9 Å². The third-order valence-electron chi connectivity index (χ3n) is 5.20. The number of halogens is 1. The lowest BCUT2D eigenvalue weighted by atomic mass is 9.85. The molecule has 1 aromatic carbocycles. The molecule has 1 saturated carbocycles. The van der Waals surface area contributed by atoms with Gasteiger partial charge in [-0.05, 0) is 50.3 Å². The van der Waals surface area contributed by atoms with Gasteiger partial charge in [-0.1, -0.05) is 12.8 Å². The fourth-order valence-corrected chi connectivity index (χ4v) is 3.96. The molecule has 2 fully saturated rings. The number of rotatable bonds is 4. The van der Waals surface area contributed by atoms with Gasteiger partial charge < -0.3 is 15.4 Å². The summed E-state index contributed by atoms with van der Waals surface area (Å²) in [6.07, 6.45) is 5.81. The van der Waals surface area contributed by atoms with E-state index in [2.05, 4.69) is 10.6 Å². The molecule has 1 aromatic rings. The summed E-state index contributed by atoms with van der Waals surface area (Å²) in [7, 11) is 1.55. The zero-order valence-corrected chi connectivity index (χ0v) is 13.8. The zero-order chi connectivity index (χ0) is 16.4. The topological polar surface area (TPSA) is 50.4 Å². The van der Waals surface area contributed by atoms with Crippen LogP contribution in [0.5, 0.6) is 5.75 Å². The maximum absolute atomic E-state index is 13.5. The molecule has 0 spiro atoms. The number of fused-ring (bicyclic) bond motifs is 1. The number of carbonyl (C=O) groups excluding carboxylic acids is 1. The monoisotopic (exact) mass is 320 g/mol. The van der Waals surface area contributed by atoms with Crippen molar-refractivity contribution in [3.05, 3.63) is 29.6 Å². The van der Waals surface area contributed by atoms with E-state index in [1.165, 1.54) is 37.8 Å². The van der Waals surface area contributed by atoms with Crippen LogP contribution in [0.3, 0.4) is 0 Å². The van der Waals surface area contributed by atoms with E-state index in [4.69, 9.17) is 4.74 Å². The lowest BCUT2D eigenvalue weighted by molar-refractivity contribution is -0.123. The molecule has 4 nitrogen and oxygen atoms in total. The number of ether oxygens (including phenoxy) is 1. The summed E-state index contributed by atoms with van der Waals surface area (Å²) in [6, 6.07) is 4.43. The molecule has 23 heavy (non-hydrogen) atoms. The first-order chi connectivity index (χ1) is 11.1. The van der Waals surface area contributed by atoms with Crippen molar-refractivity contribution in [2.24, 2.45) is 5.92 Å². The van der Waals surface area contributed by atoms with Crippen LogP contribution in [0.25, 0.3) is 0 Å². The second kappa shape index (κ2) is 6.87. The average Bonchev–Trinajstić information content (AvgIpc) is 2.99. The van der Waals surface area contributed by atoms with Crippen molar-refractivity contribution in [3.63, 3.8) is 0 Å². The molecule has 3 rings (SSSR count). The van der Waals surface area contributed by atoms with Crippen LogP contribution in [0.2, 0.25) is 0 Å². The van der Waals surface area contributed by atoms with E-state index in [1.54, 1.807) is 13.2 Å². The average molecular weight is 320 g/mol. The van der Waals surface area contributed by atoms with Crippen molar-refractivity contribution in [1.29, 1.82) is 0 Å². The summed E-state index contributed by atoms with van der Waals surface area (Å²) in [5, 5.41) is 6.47. The minimum absolute atomic E-state index is 0.00165. The summed E-state index contributed by atoms with van der Waals surface area (Å²) in [4.78, 5) is 12.5. The molecule has 0 bridgehead atoms. The lowest BCUT2D eigenvalue weighted by Gasteiger charge is -2.24. The molecule has 2 N–H and O–H groups in total. The second-order valence-corrected chi connectivity index (χ2v) is 6.72. The predicted octanol–water partition coefficient (Wildman–Crippen LogP) is 2.93. The first kappa shape index (κ1) is 16.2. The number of methoxy groups -OCH3 is 1. The highest BCUT2D eigenvalue weighted by Gasteiger charge is 2.38. The fraction of sp³-hybridized carbons (Fsp3) is 0.611. The number of carbonyl (C=O) groups is 1. The van der Waals surface area contributed by atoms with E-state index in [0.717, 1.165) is 6.42 Å². The Balaban J connectivity index is 1.65. The molecule has 5 heteroatoms. The Morgan fingerprint density at radius 1 is 1.39 bits per heavy atom. The van der Waals surface area contributed by atoms with Crippen molar-refractivity contribution in [3.8, 4) is 5.75 Å². The van der Waals surface area contributed by atoms with Gasteiger partial charge in [0, 0.05) is 11.6 Å². The molecule has 1 saturated heterocycles. The lowest BCUT2D eigenvalue weighted by Crippen LogP contribution is -2.43. The summed E-state index contributed by atoms with van der Waals surface area (Å²) >= 11 is 0. The van der Waals surface area contributed by atoms with Crippen molar-refractivity contribution in [2.75, 3.05) is 7.11 Å². The largest absolute Gasteiger partial charge is 0.496 e. The van der Waals surface area contributed by atoms with Crippen LogP contribution in [0.1, 0.15) is 50.6 Å². The van der Waals surface area contributed by atoms with E-state index < -0.39 is 0 Å². The number of hydrogen-bond acceptors (Lipinski definition) is 3. The highest BCUT2D eigenvalue weighted by Crippen LogP contribution is 2.33. The molecule has 0 radical (unpaired) electrons. The molecule has 1 aliphatic carbocycles. The van der Waals surface area contributed by atoms with E-state index >= 15 is 0 Å². The summed E-state index contributed by atoms with van der Waals surface area (Å²) < 4.78 is 18.8. The van der Waals surface area contributed by atoms with Gasteiger partial charge in [0.2, 0.25) is 5.91 Å². The van der Waals surface area contributed by atoms with Gasteiger partial charge in [-0.2, -0.15) is 0 Å². The molecule has 2 aliphatic rings. The Labute approximate surface area is 136 Å². The molecular weight excluding hydrogens is 295 g/mol. The normalized spacial score (nSPS) is 28.0. The fourth-order valence-electron chi connectivity index (χ4n) is 3.96. The first-order valence-electron chi connectivity index (χ1n) is 8.48. The summed E-state index contributed by atoms with van der Waals surface area (Å²) in [5.41, 5.74) is 0.663. The molecule has 1 amide bonds. The minimum Gasteiger partial charge on any atom is -0.496 e. The molecule has 0 aromatic heterocycles. The standard InChI is InChI=1S/C18H25FN2O2/c1-11(14-10-13(19)7-8-17(14)23-2)20-18(22)16-9-12-5-3-4-6-15(12)21-16/h7-8,10-12,15-16,21H,3-6,9H2,1-2H3,(H,20,22). The van der Waals surface area contributed by atoms with Gasteiger partial charge in [0.05, 0.1) is 19.2 Å². The molecule has 1 heterocycles. The Bertz CT molecular complexity index is 564. The highest BCUT2D eigenvalue weighted by atomic mass is 19.1. The van der Waals surface area contributed by atoms with Crippen molar-refractivity contribution >= 4 is 5.91 Å². The number of nitrogens with one attached hydrogen (secondary N) is 2. The number of amides is 1. The van der Waals surface area contributed by atoms with Crippen LogP contribution in [0.15, 0.2) is 18.2 Å². The third kappa shape index (κ3) is 3.50. The van der Waals surface area contributed by atoms with Gasteiger partial charge in [0.1, 0.15) is 11.6 Å². The van der Waals surface area contributed by atoms with Crippen LogP contribution in [0.4, 0.5) is 4.39 Å². The van der Waals surface area contributed by atoms with Gasteiger partial charge in [-0.25, -0.2) is 4.39 Å². The van der Waals surface area contributed by atoms with Crippen LogP contribution < -0.4 is 15.4 Å². The Hall–Kier alpha value is -1.62. The first-order valence-corrected chi connectivity index (χ1v) is 8.48. The molecular formula is C18H25FN2O2. The van der Waals surface area contributed by atoms with Crippen LogP contribution in [-0.2, 0) is 4.79 Å². The zero-order valence-electron chi connectivity index (χ0n) is 13.8. The predicted molar refractivity (Wildman–Crippen MR) is 86.8 cm³/mol. The quantitative estimate of drug-likeness (QED) is 0.897. The molecule has 126 valence electrons. The molecule has 1 aliphatic heterocycles. The Morgan fingerprint density at radius 2 is 2.17 bits per heavy atom. The van der Waals surface area contributed by atoms with Gasteiger partial charge in [0.25, 0.3) is 0 Å².